The van der Waals surface area contributed by atoms with Crippen molar-refractivity contribution in [1.29, 1.82) is 0 Å². The van der Waals surface area contributed by atoms with Crippen molar-refractivity contribution >= 4 is 23.4 Å². The van der Waals surface area contributed by atoms with Crippen molar-refractivity contribution in [3.05, 3.63) is 95.8 Å². The monoisotopic (exact) mass is 337 g/mol. The Labute approximate surface area is 144 Å². The molecule has 0 fully saturated rings. The van der Waals surface area contributed by atoms with Gasteiger partial charge in [-0.2, -0.15) is 0 Å². The summed E-state index contributed by atoms with van der Waals surface area (Å²) in [6, 6.07) is 23.4. The standard InChI is InChI=1S/C20H16FNOS/c21-17-10-12-18(13-11-17)22-20(23)16-8-6-15(7-9-16)14-24-19-4-2-1-3-5-19/h1-13H,14H2,(H,22,23). The van der Waals surface area contributed by atoms with Gasteiger partial charge in [-0.25, -0.2) is 4.39 Å². The molecule has 0 radical (unpaired) electrons. The lowest BCUT2D eigenvalue weighted by atomic mass is 10.1. The van der Waals surface area contributed by atoms with Crippen LogP contribution in [0.4, 0.5) is 10.1 Å². The Kier molecular flexibility index (Phi) is 5.29. The summed E-state index contributed by atoms with van der Waals surface area (Å²) in [5.74, 6) is 0.321. The quantitative estimate of drug-likeness (QED) is 0.634. The molecule has 1 N–H and O–H groups in total. The second kappa shape index (κ2) is 7.79. The first kappa shape index (κ1) is 16.3. The molecule has 0 bridgehead atoms. The largest absolute Gasteiger partial charge is 0.322 e. The number of carbonyl (C=O) groups excluding carboxylic acids is 1. The van der Waals surface area contributed by atoms with Crippen LogP contribution in [0.3, 0.4) is 0 Å². The highest BCUT2D eigenvalue weighted by Gasteiger charge is 2.06. The molecule has 3 aromatic rings. The maximum Gasteiger partial charge on any atom is 0.255 e. The van der Waals surface area contributed by atoms with Gasteiger partial charge in [0.05, 0.1) is 0 Å². The van der Waals surface area contributed by atoms with Crippen LogP contribution < -0.4 is 5.32 Å². The number of carbonyl (C=O) groups is 1. The van der Waals surface area contributed by atoms with Crippen molar-refractivity contribution < 1.29 is 9.18 Å². The molecule has 2 nitrogen and oxygen atoms in total. The van der Waals surface area contributed by atoms with Crippen molar-refractivity contribution in [3.8, 4) is 0 Å². The highest BCUT2D eigenvalue weighted by molar-refractivity contribution is 7.98. The normalized spacial score (nSPS) is 10.4. The number of halogens is 1. The second-order valence-electron chi connectivity index (χ2n) is 5.26. The Morgan fingerprint density at radius 1 is 0.875 bits per heavy atom. The van der Waals surface area contributed by atoms with E-state index in [1.54, 1.807) is 23.9 Å². The van der Waals surface area contributed by atoms with Gasteiger partial charge in [-0.3, -0.25) is 4.79 Å². The van der Waals surface area contributed by atoms with Crippen molar-refractivity contribution in [2.75, 3.05) is 5.32 Å². The number of thioether (sulfide) groups is 1. The van der Waals surface area contributed by atoms with E-state index in [0.29, 0.717) is 11.3 Å². The molecule has 0 spiro atoms. The molecular weight excluding hydrogens is 321 g/mol. The first-order valence-electron chi connectivity index (χ1n) is 7.54. The fourth-order valence-electron chi connectivity index (χ4n) is 2.17. The van der Waals surface area contributed by atoms with Crippen LogP contribution in [-0.2, 0) is 5.75 Å². The van der Waals surface area contributed by atoms with Crippen LogP contribution in [0.1, 0.15) is 15.9 Å². The van der Waals surface area contributed by atoms with Crippen molar-refractivity contribution in [2.45, 2.75) is 10.6 Å². The van der Waals surface area contributed by atoms with Gasteiger partial charge in [0, 0.05) is 21.9 Å². The van der Waals surface area contributed by atoms with Crippen LogP contribution >= 0.6 is 11.8 Å². The molecule has 0 aliphatic rings. The highest BCUT2D eigenvalue weighted by atomic mass is 32.2. The van der Waals surface area contributed by atoms with Gasteiger partial charge >= 0.3 is 0 Å². The van der Waals surface area contributed by atoms with E-state index in [0.717, 1.165) is 11.3 Å². The third-order valence-corrected chi connectivity index (χ3v) is 4.55. The number of benzene rings is 3. The van der Waals surface area contributed by atoms with Gasteiger partial charge in [0.15, 0.2) is 0 Å². The molecule has 0 atom stereocenters. The van der Waals surface area contributed by atoms with Crippen molar-refractivity contribution in [1.82, 2.24) is 0 Å². The van der Waals surface area contributed by atoms with Crippen molar-refractivity contribution in [3.63, 3.8) is 0 Å². The van der Waals surface area contributed by atoms with Crippen LogP contribution in [0.5, 0.6) is 0 Å². The van der Waals surface area contributed by atoms with Crippen LogP contribution in [0.25, 0.3) is 0 Å². The third-order valence-electron chi connectivity index (χ3n) is 3.47. The van der Waals surface area contributed by atoms with Gasteiger partial charge in [0.2, 0.25) is 0 Å². The zero-order chi connectivity index (χ0) is 16.8. The molecule has 0 unspecified atom stereocenters. The van der Waals surface area contributed by atoms with Gasteiger partial charge < -0.3 is 5.32 Å². The zero-order valence-electron chi connectivity index (χ0n) is 12.9. The number of hydrogen-bond donors (Lipinski definition) is 1. The zero-order valence-corrected chi connectivity index (χ0v) is 13.7. The van der Waals surface area contributed by atoms with Gasteiger partial charge in [0.1, 0.15) is 5.82 Å². The van der Waals surface area contributed by atoms with Crippen LogP contribution in [0, 0.1) is 5.82 Å². The summed E-state index contributed by atoms with van der Waals surface area (Å²) >= 11 is 1.76. The van der Waals surface area contributed by atoms with Gasteiger partial charge in [-0.15, -0.1) is 11.8 Å². The van der Waals surface area contributed by atoms with Crippen LogP contribution in [0.15, 0.2) is 83.8 Å². The lowest BCUT2D eigenvalue weighted by molar-refractivity contribution is 0.102. The summed E-state index contributed by atoms with van der Waals surface area (Å²) in [4.78, 5) is 13.4. The average Bonchev–Trinajstić information content (AvgIpc) is 2.63. The number of anilines is 1. The molecule has 3 rings (SSSR count). The van der Waals surface area contributed by atoms with E-state index in [-0.39, 0.29) is 11.7 Å². The average molecular weight is 337 g/mol. The SMILES string of the molecule is O=C(Nc1ccc(F)cc1)c1ccc(CSc2ccccc2)cc1. The summed E-state index contributed by atoms with van der Waals surface area (Å²) in [5, 5.41) is 2.75. The number of hydrogen-bond acceptors (Lipinski definition) is 2. The van der Waals surface area contributed by atoms with Gasteiger partial charge in [0.25, 0.3) is 5.91 Å². The summed E-state index contributed by atoms with van der Waals surface area (Å²) in [6.07, 6.45) is 0. The van der Waals surface area contributed by atoms with E-state index < -0.39 is 0 Å². The molecule has 1 amide bonds. The number of amides is 1. The number of nitrogens with one attached hydrogen (secondary N) is 1. The first-order valence-corrected chi connectivity index (χ1v) is 8.53. The molecule has 0 aliphatic carbocycles. The van der Waals surface area contributed by atoms with Crippen LogP contribution in [0.2, 0.25) is 0 Å². The second-order valence-corrected chi connectivity index (χ2v) is 6.31. The minimum atomic E-state index is -0.326. The summed E-state index contributed by atoms with van der Waals surface area (Å²) < 4.78 is 12.9. The van der Waals surface area contributed by atoms with E-state index >= 15 is 0 Å². The maximum absolute atomic E-state index is 12.9. The first-order chi connectivity index (χ1) is 11.7. The lowest BCUT2D eigenvalue weighted by Gasteiger charge is -2.06. The van der Waals surface area contributed by atoms with Gasteiger partial charge in [-0.1, -0.05) is 30.3 Å². The molecule has 0 heterocycles. The topological polar surface area (TPSA) is 29.1 Å². The molecule has 120 valence electrons. The Balaban J connectivity index is 1.59. The summed E-state index contributed by atoms with van der Waals surface area (Å²) in [6.45, 7) is 0. The molecule has 24 heavy (non-hydrogen) atoms. The fourth-order valence-corrected chi connectivity index (χ4v) is 3.05. The molecule has 0 aromatic heterocycles. The minimum absolute atomic E-state index is 0.205. The highest BCUT2D eigenvalue weighted by Crippen LogP contribution is 2.22. The van der Waals surface area contributed by atoms with Crippen LogP contribution in [-0.4, -0.2) is 5.91 Å². The van der Waals surface area contributed by atoms with E-state index in [1.807, 2.05) is 30.3 Å². The molecule has 4 heteroatoms. The summed E-state index contributed by atoms with van der Waals surface area (Å²) in [7, 11) is 0. The lowest BCUT2D eigenvalue weighted by Crippen LogP contribution is -2.11. The minimum Gasteiger partial charge on any atom is -0.322 e. The molecular formula is C20H16FNOS. The molecule has 0 aliphatic heterocycles. The Hall–Kier alpha value is -2.59. The molecule has 3 aromatic carbocycles. The number of rotatable bonds is 5. The Morgan fingerprint density at radius 2 is 1.54 bits per heavy atom. The van der Waals surface area contributed by atoms with E-state index in [4.69, 9.17) is 0 Å². The van der Waals surface area contributed by atoms with Crippen molar-refractivity contribution in [2.24, 2.45) is 0 Å². The Bertz CT molecular complexity index is 801. The maximum atomic E-state index is 12.9. The Morgan fingerprint density at radius 3 is 2.21 bits per heavy atom. The van der Waals surface area contributed by atoms with E-state index in [1.165, 1.54) is 29.2 Å². The summed E-state index contributed by atoms with van der Waals surface area (Å²) in [5.41, 5.74) is 2.31. The molecule has 0 saturated carbocycles. The van der Waals surface area contributed by atoms with Gasteiger partial charge in [-0.05, 0) is 54.1 Å². The smallest absolute Gasteiger partial charge is 0.255 e. The molecule has 0 saturated heterocycles. The predicted molar refractivity (Wildman–Crippen MR) is 96.8 cm³/mol. The predicted octanol–water partition coefficient (Wildman–Crippen LogP) is 5.37. The fraction of sp³-hybridized carbons (Fsp3) is 0.0500. The third kappa shape index (κ3) is 4.46. The van der Waals surface area contributed by atoms with E-state index in [9.17, 15) is 9.18 Å². The van der Waals surface area contributed by atoms with E-state index in [2.05, 4.69) is 17.4 Å².